The number of nitrogens with zero attached hydrogens (tertiary/aromatic N) is 1. The Labute approximate surface area is 195 Å². The third kappa shape index (κ3) is 6.53. The van der Waals surface area contributed by atoms with Crippen molar-refractivity contribution in [1.82, 2.24) is 4.90 Å². The molecule has 0 radical (unpaired) electrons. The minimum atomic E-state index is -0.452. The molecule has 0 aliphatic carbocycles. The number of halogens is 1. The van der Waals surface area contributed by atoms with Crippen LogP contribution >= 0.6 is 0 Å². The Morgan fingerprint density at radius 3 is 2.55 bits per heavy atom. The molecule has 33 heavy (non-hydrogen) atoms. The summed E-state index contributed by atoms with van der Waals surface area (Å²) in [6, 6.07) is 18.2. The molecule has 0 unspecified atom stereocenters. The third-order valence-electron chi connectivity index (χ3n) is 5.33. The van der Waals surface area contributed by atoms with Crippen LogP contribution < -0.4 is 9.47 Å². The molecule has 0 atom stereocenters. The summed E-state index contributed by atoms with van der Waals surface area (Å²) in [5.74, 6) is 0.252. The average molecular weight is 448 g/mol. The number of rotatable bonds is 10. The molecule has 5 heteroatoms. The lowest BCUT2D eigenvalue weighted by Gasteiger charge is -2.14. The van der Waals surface area contributed by atoms with E-state index in [2.05, 4.69) is 4.90 Å². The molecule has 0 aromatic heterocycles. The predicted molar refractivity (Wildman–Crippen MR) is 132 cm³/mol. The minimum Gasteiger partial charge on any atom is -0.497 e. The van der Waals surface area contributed by atoms with Gasteiger partial charge in [-0.3, -0.25) is 4.79 Å². The van der Waals surface area contributed by atoms with Gasteiger partial charge in [-0.1, -0.05) is 30.3 Å². The van der Waals surface area contributed by atoms with Gasteiger partial charge in [-0.25, -0.2) is 4.39 Å². The van der Waals surface area contributed by atoms with Crippen molar-refractivity contribution in [2.24, 2.45) is 0 Å². The van der Waals surface area contributed by atoms with Crippen LogP contribution in [0.5, 0.6) is 11.5 Å². The van der Waals surface area contributed by atoms with Crippen molar-refractivity contribution >= 4 is 11.9 Å². The summed E-state index contributed by atoms with van der Waals surface area (Å²) in [7, 11) is 5.50. The largest absolute Gasteiger partial charge is 0.497 e. The summed E-state index contributed by atoms with van der Waals surface area (Å²) in [5, 5.41) is 0. The van der Waals surface area contributed by atoms with Gasteiger partial charge in [0.05, 0.1) is 19.3 Å². The molecule has 0 saturated heterocycles. The summed E-state index contributed by atoms with van der Waals surface area (Å²) >= 11 is 0. The molecule has 0 amide bonds. The smallest absolute Gasteiger partial charge is 0.189 e. The van der Waals surface area contributed by atoms with Crippen LogP contribution in [0.1, 0.15) is 27.9 Å². The summed E-state index contributed by atoms with van der Waals surface area (Å²) in [6.45, 7) is 3.43. The van der Waals surface area contributed by atoms with Crippen molar-refractivity contribution in [3.05, 3.63) is 89.2 Å². The van der Waals surface area contributed by atoms with E-state index < -0.39 is 5.82 Å². The fourth-order valence-corrected chi connectivity index (χ4v) is 3.50. The lowest BCUT2D eigenvalue weighted by Crippen LogP contribution is -2.16. The first-order chi connectivity index (χ1) is 15.9. The lowest BCUT2D eigenvalue weighted by atomic mass is 9.97. The van der Waals surface area contributed by atoms with Crippen molar-refractivity contribution in [3.63, 3.8) is 0 Å². The molecule has 4 nitrogen and oxygen atoms in total. The first kappa shape index (κ1) is 24.2. The zero-order chi connectivity index (χ0) is 23.8. The van der Waals surface area contributed by atoms with Gasteiger partial charge in [-0.2, -0.15) is 0 Å². The first-order valence-electron chi connectivity index (χ1n) is 10.9. The summed E-state index contributed by atoms with van der Waals surface area (Å²) in [6.07, 6.45) is 3.70. The molecule has 0 heterocycles. The standard InChI is InChI=1S/C28H30FNO3/c1-20-8-5-6-9-24(20)22-12-15-28(33-17-7-16-30(2)3)25(18-22)27(31)14-11-21-10-13-23(32-4)19-26(21)29/h5-6,8-15,18-19H,7,16-17H2,1-4H3/b14-11+. The average Bonchev–Trinajstić information content (AvgIpc) is 2.81. The zero-order valence-electron chi connectivity index (χ0n) is 19.6. The summed E-state index contributed by atoms with van der Waals surface area (Å²) < 4.78 is 25.3. The van der Waals surface area contributed by atoms with Crippen molar-refractivity contribution in [2.45, 2.75) is 13.3 Å². The van der Waals surface area contributed by atoms with Crippen molar-refractivity contribution < 1.29 is 18.7 Å². The normalized spacial score (nSPS) is 11.2. The lowest BCUT2D eigenvalue weighted by molar-refractivity contribution is 0.104. The number of hydrogen-bond donors (Lipinski definition) is 0. The van der Waals surface area contributed by atoms with E-state index in [1.807, 2.05) is 63.5 Å². The molecule has 0 bridgehead atoms. The number of allylic oxidation sites excluding steroid dienone is 1. The van der Waals surface area contributed by atoms with Gasteiger partial charge in [-0.15, -0.1) is 0 Å². The van der Waals surface area contributed by atoms with Gasteiger partial charge in [-0.05, 0) is 80.5 Å². The van der Waals surface area contributed by atoms with Crippen LogP contribution in [-0.2, 0) is 0 Å². The van der Waals surface area contributed by atoms with Gasteiger partial charge in [0, 0.05) is 18.2 Å². The molecule has 0 fully saturated rings. The second-order valence-electron chi connectivity index (χ2n) is 8.12. The Morgan fingerprint density at radius 2 is 1.85 bits per heavy atom. The predicted octanol–water partition coefficient (Wildman–Crippen LogP) is 6.04. The van der Waals surface area contributed by atoms with E-state index >= 15 is 0 Å². The number of carbonyl (C=O) groups excluding carboxylic acids is 1. The van der Waals surface area contributed by atoms with Crippen LogP contribution in [0.3, 0.4) is 0 Å². The maximum Gasteiger partial charge on any atom is 0.189 e. The van der Waals surface area contributed by atoms with Gasteiger partial charge < -0.3 is 14.4 Å². The van der Waals surface area contributed by atoms with Crippen LogP contribution in [0, 0.1) is 12.7 Å². The fraction of sp³-hybridized carbons (Fsp3) is 0.250. The minimum absolute atomic E-state index is 0.247. The molecule has 0 aliphatic rings. The van der Waals surface area contributed by atoms with Gasteiger partial charge in [0.2, 0.25) is 0 Å². The number of carbonyl (C=O) groups is 1. The highest BCUT2D eigenvalue weighted by atomic mass is 19.1. The van der Waals surface area contributed by atoms with Crippen LogP contribution in [0.25, 0.3) is 17.2 Å². The Balaban J connectivity index is 1.90. The Morgan fingerprint density at radius 1 is 1.06 bits per heavy atom. The second-order valence-corrected chi connectivity index (χ2v) is 8.12. The number of ether oxygens (including phenoxy) is 2. The number of methoxy groups -OCH3 is 1. The highest BCUT2D eigenvalue weighted by Crippen LogP contribution is 2.30. The highest BCUT2D eigenvalue weighted by Gasteiger charge is 2.14. The zero-order valence-corrected chi connectivity index (χ0v) is 19.6. The molecule has 0 aliphatic heterocycles. The molecule has 3 aromatic rings. The van der Waals surface area contributed by atoms with E-state index in [4.69, 9.17) is 9.47 Å². The SMILES string of the molecule is COc1ccc(/C=C/C(=O)c2cc(-c3ccccc3C)ccc2OCCCN(C)C)c(F)c1. The molecule has 172 valence electrons. The number of aryl methyl sites for hydroxylation is 1. The van der Waals surface area contributed by atoms with Gasteiger partial charge in [0.1, 0.15) is 17.3 Å². The second kappa shape index (κ2) is 11.4. The Bertz CT molecular complexity index is 1140. The monoisotopic (exact) mass is 447 g/mol. The molecule has 0 spiro atoms. The van der Waals surface area contributed by atoms with E-state index in [0.29, 0.717) is 29.2 Å². The van der Waals surface area contributed by atoms with Crippen LogP contribution in [0.15, 0.2) is 66.7 Å². The van der Waals surface area contributed by atoms with E-state index in [1.165, 1.54) is 25.3 Å². The Hall–Kier alpha value is -3.44. The topological polar surface area (TPSA) is 38.8 Å². The van der Waals surface area contributed by atoms with Crippen molar-refractivity contribution in [1.29, 1.82) is 0 Å². The fourth-order valence-electron chi connectivity index (χ4n) is 3.50. The molecule has 0 N–H and O–H groups in total. The maximum atomic E-state index is 14.3. The quantitative estimate of drug-likeness (QED) is 0.216. The molecular formula is C28H30FNO3. The highest BCUT2D eigenvalue weighted by molar-refractivity contribution is 6.09. The van der Waals surface area contributed by atoms with Crippen molar-refractivity contribution in [2.75, 3.05) is 34.4 Å². The summed E-state index contributed by atoms with van der Waals surface area (Å²) in [5.41, 5.74) is 3.86. The first-order valence-corrected chi connectivity index (χ1v) is 10.9. The van der Waals surface area contributed by atoms with E-state index in [0.717, 1.165) is 29.7 Å². The van der Waals surface area contributed by atoms with Crippen LogP contribution in [-0.4, -0.2) is 45.0 Å². The number of ketones is 1. The summed E-state index contributed by atoms with van der Waals surface area (Å²) in [4.78, 5) is 15.2. The van der Waals surface area contributed by atoms with Gasteiger partial charge in [0.25, 0.3) is 0 Å². The number of benzene rings is 3. The molecule has 3 aromatic carbocycles. The number of hydrogen-bond acceptors (Lipinski definition) is 4. The Kier molecular flexibility index (Phi) is 8.39. The van der Waals surface area contributed by atoms with Gasteiger partial charge >= 0.3 is 0 Å². The van der Waals surface area contributed by atoms with E-state index in [9.17, 15) is 9.18 Å². The van der Waals surface area contributed by atoms with E-state index in [1.54, 1.807) is 12.1 Å². The van der Waals surface area contributed by atoms with Gasteiger partial charge in [0.15, 0.2) is 5.78 Å². The molecule has 0 saturated carbocycles. The maximum absolute atomic E-state index is 14.3. The third-order valence-corrected chi connectivity index (χ3v) is 5.33. The van der Waals surface area contributed by atoms with Crippen molar-refractivity contribution in [3.8, 4) is 22.6 Å². The van der Waals surface area contributed by atoms with Crippen LogP contribution in [0.4, 0.5) is 4.39 Å². The molecule has 3 rings (SSSR count). The molecular weight excluding hydrogens is 417 g/mol. The van der Waals surface area contributed by atoms with E-state index in [-0.39, 0.29) is 5.78 Å². The van der Waals surface area contributed by atoms with Crippen LogP contribution in [0.2, 0.25) is 0 Å².